The van der Waals surface area contributed by atoms with Crippen molar-refractivity contribution in [1.82, 2.24) is 19.5 Å². The number of halogens is 1. The van der Waals surface area contributed by atoms with Crippen molar-refractivity contribution in [3.63, 3.8) is 0 Å². The van der Waals surface area contributed by atoms with Gasteiger partial charge in [-0.05, 0) is 24.6 Å². The molecule has 108 valence electrons. The molecule has 0 bridgehead atoms. The molecule has 0 unspecified atom stereocenters. The Balaban J connectivity index is 2.06. The second-order valence-corrected chi connectivity index (χ2v) is 7.04. The number of hydrogen-bond donors (Lipinski definition) is 1. The number of aromatic nitrogens is 3. The Bertz CT molecular complexity index is 712. The maximum absolute atomic E-state index is 12.2. The lowest BCUT2D eigenvalue weighted by Gasteiger charge is -2.09. The van der Waals surface area contributed by atoms with E-state index in [9.17, 15) is 8.42 Å². The molecule has 0 spiro atoms. The molecule has 1 N–H and O–H groups in total. The van der Waals surface area contributed by atoms with Gasteiger partial charge < -0.3 is 0 Å². The summed E-state index contributed by atoms with van der Waals surface area (Å²) in [5.41, 5.74) is 0.705. The van der Waals surface area contributed by atoms with Crippen LogP contribution in [-0.4, -0.2) is 29.7 Å². The highest BCUT2D eigenvalue weighted by Gasteiger charge is 2.16. The predicted octanol–water partition coefficient (Wildman–Crippen LogP) is 1.41. The predicted molar refractivity (Wildman–Crippen MR) is 78.8 cm³/mol. The summed E-state index contributed by atoms with van der Waals surface area (Å²) in [5.74, 6) is 0.612. The van der Waals surface area contributed by atoms with Crippen LogP contribution in [-0.2, 0) is 23.5 Å². The zero-order valence-electron chi connectivity index (χ0n) is 11.2. The molecule has 0 fully saturated rings. The summed E-state index contributed by atoms with van der Waals surface area (Å²) in [4.78, 5) is 4.33. The molecule has 1 aromatic heterocycles. The minimum Gasteiger partial charge on any atom is -0.256 e. The summed E-state index contributed by atoms with van der Waals surface area (Å²) in [6.07, 6.45) is 2.04. The van der Waals surface area contributed by atoms with Crippen molar-refractivity contribution in [2.24, 2.45) is 7.05 Å². The lowest BCUT2D eigenvalue weighted by molar-refractivity contribution is 0.580. The van der Waals surface area contributed by atoms with E-state index in [1.54, 1.807) is 37.1 Å². The number of hydrogen-bond acceptors (Lipinski definition) is 4. The molecule has 20 heavy (non-hydrogen) atoms. The summed E-state index contributed by atoms with van der Waals surface area (Å²) < 4.78 is 29.3. The first kappa shape index (κ1) is 15.1. The summed E-state index contributed by atoms with van der Waals surface area (Å²) in [6, 6.07) is 5.17. The van der Waals surface area contributed by atoms with E-state index in [2.05, 4.69) is 30.7 Å². The highest BCUT2D eigenvalue weighted by Crippen LogP contribution is 2.20. The average molecular weight is 359 g/mol. The second kappa shape index (κ2) is 6.02. The largest absolute Gasteiger partial charge is 0.256 e. The fourth-order valence-corrected chi connectivity index (χ4v) is 3.55. The zero-order valence-corrected chi connectivity index (χ0v) is 13.6. The van der Waals surface area contributed by atoms with Crippen molar-refractivity contribution >= 4 is 26.0 Å². The van der Waals surface area contributed by atoms with Gasteiger partial charge in [-0.2, -0.15) is 5.10 Å². The topological polar surface area (TPSA) is 76.9 Å². The Morgan fingerprint density at radius 3 is 2.80 bits per heavy atom. The lowest BCUT2D eigenvalue weighted by Crippen LogP contribution is -2.27. The Morgan fingerprint density at radius 2 is 2.15 bits per heavy atom. The van der Waals surface area contributed by atoms with E-state index in [0.717, 1.165) is 4.47 Å². The van der Waals surface area contributed by atoms with Gasteiger partial charge in [0.2, 0.25) is 10.0 Å². The summed E-state index contributed by atoms with van der Waals surface area (Å²) in [5, 5.41) is 4.10. The molecule has 0 saturated carbocycles. The molecule has 0 amide bonds. The van der Waals surface area contributed by atoms with Crippen molar-refractivity contribution < 1.29 is 8.42 Å². The first-order chi connectivity index (χ1) is 9.38. The van der Waals surface area contributed by atoms with Gasteiger partial charge >= 0.3 is 0 Å². The Morgan fingerprint density at radius 1 is 1.40 bits per heavy atom. The van der Waals surface area contributed by atoms with Crippen LogP contribution in [0.2, 0.25) is 0 Å². The van der Waals surface area contributed by atoms with E-state index in [1.807, 2.05) is 6.07 Å². The van der Waals surface area contributed by atoms with Crippen molar-refractivity contribution in [3.8, 4) is 0 Å². The van der Waals surface area contributed by atoms with Crippen LogP contribution in [0.1, 0.15) is 11.4 Å². The fourth-order valence-electron chi connectivity index (χ4n) is 1.74. The Labute approximate surface area is 126 Å². The summed E-state index contributed by atoms with van der Waals surface area (Å²) >= 11 is 3.28. The first-order valence-electron chi connectivity index (χ1n) is 5.99. The fraction of sp³-hybridized carbons (Fsp3) is 0.333. The van der Waals surface area contributed by atoms with Gasteiger partial charge in [0.1, 0.15) is 6.33 Å². The molecule has 0 aliphatic rings. The minimum atomic E-state index is -3.52. The van der Waals surface area contributed by atoms with E-state index in [0.29, 0.717) is 17.8 Å². The summed E-state index contributed by atoms with van der Waals surface area (Å²) in [7, 11) is -1.75. The zero-order chi connectivity index (χ0) is 14.8. The first-order valence-corrected chi connectivity index (χ1v) is 8.26. The van der Waals surface area contributed by atoms with Crippen LogP contribution in [0.25, 0.3) is 0 Å². The number of rotatable bonds is 5. The minimum absolute atomic E-state index is 0.262. The average Bonchev–Trinajstić information content (AvgIpc) is 2.78. The molecular weight excluding hydrogens is 344 g/mol. The van der Waals surface area contributed by atoms with Gasteiger partial charge in [0.15, 0.2) is 5.82 Å². The highest BCUT2D eigenvalue weighted by molar-refractivity contribution is 9.10. The normalized spacial score (nSPS) is 11.8. The van der Waals surface area contributed by atoms with Crippen LogP contribution >= 0.6 is 15.9 Å². The van der Waals surface area contributed by atoms with Crippen LogP contribution in [0.15, 0.2) is 33.9 Å². The molecule has 6 nitrogen and oxygen atoms in total. The number of sulfonamides is 1. The van der Waals surface area contributed by atoms with E-state index in [1.165, 1.54) is 0 Å². The third-order valence-electron chi connectivity index (χ3n) is 2.73. The third kappa shape index (κ3) is 3.65. The molecule has 2 aromatic rings. The monoisotopic (exact) mass is 358 g/mol. The van der Waals surface area contributed by atoms with Crippen LogP contribution in [0.4, 0.5) is 0 Å². The van der Waals surface area contributed by atoms with E-state index in [-0.39, 0.29) is 11.4 Å². The molecular formula is C12H15BrN4O2S. The molecule has 8 heteroatoms. The van der Waals surface area contributed by atoms with Crippen LogP contribution in [0.3, 0.4) is 0 Å². The molecule has 1 aromatic carbocycles. The lowest BCUT2D eigenvalue weighted by atomic mass is 10.2. The van der Waals surface area contributed by atoms with Crippen molar-refractivity contribution in [2.45, 2.75) is 18.2 Å². The van der Waals surface area contributed by atoms with Gasteiger partial charge in [-0.25, -0.2) is 18.1 Å². The van der Waals surface area contributed by atoms with Gasteiger partial charge in [-0.1, -0.05) is 22.0 Å². The SMILES string of the molecule is Cc1ccc(Br)cc1S(=O)(=O)NCCc1ncn(C)n1. The maximum atomic E-state index is 12.2. The van der Waals surface area contributed by atoms with Gasteiger partial charge in [-0.3, -0.25) is 4.68 Å². The Hall–Kier alpha value is -1.25. The second-order valence-electron chi connectivity index (χ2n) is 4.39. The van der Waals surface area contributed by atoms with Crippen molar-refractivity contribution in [2.75, 3.05) is 6.54 Å². The van der Waals surface area contributed by atoms with Gasteiger partial charge in [-0.15, -0.1) is 0 Å². The van der Waals surface area contributed by atoms with Crippen LogP contribution in [0.5, 0.6) is 0 Å². The molecule has 0 aliphatic carbocycles. The highest BCUT2D eigenvalue weighted by atomic mass is 79.9. The molecule has 0 radical (unpaired) electrons. The number of benzene rings is 1. The maximum Gasteiger partial charge on any atom is 0.240 e. The number of nitrogens with zero attached hydrogens (tertiary/aromatic N) is 3. The molecule has 2 rings (SSSR count). The van der Waals surface area contributed by atoms with Crippen LogP contribution in [0, 0.1) is 6.92 Å². The molecule has 0 aliphatic heterocycles. The molecule has 1 heterocycles. The number of nitrogens with one attached hydrogen (secondary N) is 1. The third-order valence-corrected chi connectivity index (χ3v) is 4.82. The quantitative estimate of drug-likeness (QED) is 0.876. The van der Waals surface area contributed by atoms with Crippen LogP contribution < -0.4 is 4.72 Å². The Kier molecular flexibility index (Phi) is 4.56. The van der Waals surface area contributed by atoms with Gasteiger partial charge in [0.25, 0.3) is 0 Å². The molecule has 0 saturated heterocycles. The van der Waals surface area contributed by atoms with Crippen molar-refractivity contribution in [3.05, 3.63) is 40.4 Å². The van der Waals surface area contributed by atoms with Gasteiger partial charge in [0.05, 0.1) is 4.90 Å². The van der Waals surface area contributed by atoms with E-state index >= 15 is 0 Å². The molecule has 0 atom stereocenters. The van der Waals surface area contributed by atoms with E-state index in [4.69, 9.17) is 0 Å². The van der Waals surface area contributed by atoms with Crippen molar-refractivity contribution in [1.29, 1.82) is 0 Å². The van der Waals surface area contributed by atoms with Gasteiger partial charge in [0, 0.05) is 24.5 Å². The van der Waals surface area contributed by atoms with E-state index < -0.39 is 10.0 Å². The number of aryl methyl sites for hydroxylation is 2. The standard InChI is InChI=1S/C12H15BrN4O2S/c1-9-3-4-10(13)7-11(9)20(18,19)15-6-5-12-14-8-17(2)16-12/h3-4,7-8,15H,5-6H2,1-2H3. The smallest absolute Gasteiger partial charge is 0.240 e. The summed E-state index contributed by atoms with van der Waals surface area (Å²) in [6.45, 7) is 2.03.